The first-order valence-electron chi connectivity index (χ1n) is 10.5. The Morgan fingerprint density at radius 2 is 1.74 bits per heavy atom. The molecule has 3 aliphatic rings. The summed E-state index contributed by atoms with van der Waals surface area (Å²) < 4.78 is 10.7. The quantitative estimate of drug-likeness (QED) is 0.762. The fourth-order valence-electron chi connectivity index (χ4n) is 4.43. The fraction of sp³-hybridized carbons (Fsp3) is 0.391. The van der Waals surface area contributed by atoms with Gasteiger partial charge in [0.15, 0.2) is 11.5 Å². The van der Waals surface area contributed by atoms with Gasteiger partial charge in [0, 0.05) is 37.3 Å². The Kier molecular flexibility index (Phi) is 6.34. The van der Waals surface area contributed by atoms with Crippen molar-refractivity contribution in [1.29, 1.82) is 0 Å². The molecule has 5 rings (SSSR count). The third-order valence-corrected chi connectivity index (χ3v) is 6.20. The van der Waals surface area contributed by atoms with Crippen molar-refractivity contribution in [2.75, 3.05) is 25.2 Å². The molecule has 1 saturated heterocycles. The summed E-state index contributed by atoms with van der Waals surface area (Å²) in [6.07, 6.45) is 2.07. The topological polar surface area (TPSA) is 79.9 Å². The number of benzene rings is 2. The van der Waals surface area contributed by atoms with Gasteiger partial charge < -0.3 is 25.0 Å². The number of likely N-dealkylation sites (tertiary alicyclic amines) is 1. The summed E-state index contributed by atoms with van der Waals surface area (Å²) in [5.41, 5.74) is 3.21. The van der Waals surface area contributed by atoms with Crippen LogP contribution in [0.4, 0.5) is 5.69 Å². The van der Waals surface area contributed by atoms with E-state index in [-0.39, 0.29) is 43.0 Å². The first kappa shape index (κ1) is 21.5. The lowest BCUT2D eigenvalue weighted by atomic mass is 9.92. The van der Waals surface area contributed by atoms with Gasteiger partial charge in [-0.15, -0.1) is 12.4 Å². The van der Waals surface area contributed by atoms with Gasteiger partial charge in [0.05, 0.1) is 6.04 Å². The maximum Gasteiger partial charge on any atom is 0.240 e. The summed E-state index contributed by atoms with van der Waals surface area (Å²) in [5, 5.41) is 6.34. The summed E-state index contributed by atoms with van der Waals surface area (Å²) in [6.45, 7) is 2.15. The smallest absolute Gasteiger partial charge is 0.240 e. The summed E-state index contributed by atoms with van der Waals surface area (Å²) in [7, 11) is 0. The second kappa shape index (κ2) is 9.16. The van der Waals surface area contributed by atoms with Crippen molar-refractivity contribution < 1.29 is 19.1 Å². The van der Waals surface area contributed by atoms with Crippen LogP contribution in [0.5, 0.6) is 11.5 Å². The van der Waals surface area contributed by atoms with Gasteiger partial charge in [0.2, 0.25) is 18.6 Å². The molecule has 8 heteroatoms. The van der Waals surface area contributed by atoms with Crippen LogP contribution in [-0.4, -0.2) is 42.6 Å². The number of carbonyl (C=O) groups excluding carboxylic acids is 2. The number of ether oxygens (including phenoxy) is 2. The maximum absolute atomic E-state index is 13.0. The van der Waals surface area contributed by atoms with Gasteiger partial charge >= 0.3 is 0 Å². The lowest BCUT2D eigenvalue weighted by molar-refractivity contribution is -0.136. The van der Waals surface area contributed by atoms with Crippen LogP contribution in [0.1, 0.15) is 24.0 Å². The average molecular weight is 444 g/mol. The van der Waals surface area contributed by atoms with Crippen molar-refractivity contribution in [3.63, 3.8) is 0 Å². The number of hydrogen-bond donors (Lipinski definition) is 2. The zero-order valence-corrected chi connectivity index (χ0v) is 18.0. The number of anilines is 1. The minimum Gasteiger partial charge on any atom is -0.454 e. The number of hydrogen-bond acceptors (Lipinski definition) is 5. The highest BCUT2D eigenvalue weighted by molar-refractivity contribution is 5.93. The van der Waals surface area contributed by atoms with E-state index >= 15 is 0 Å². The summed E-state index contributed by atoms with van der Waals surface area (Å²) >= 11 is 0. The van der Waals surface area contributed by atoms with Crippen LogP contribution in [0.25, 0.3) is 0 Å². The molecule has 2 aromatic rings. The molecule has 0 radical (unpaired) electrons. The van der Waals surface area contributed by atoms with Crippen molar-refractivity contribution in [2.45, 2.75) is 31.8 Å². The molecule has 2 aromatic carbocycles. The summed E-state index contributed by atoms with van der Waals surface area (Å²) in [5.74, 6) is 1.37. The van der Waals surface area contributed by atoms with Crippen molar-refractivity contribution in [3.05, 3.63) is 53.6 Å². The normalized spacial score (nSPS) is 19.9. The van der Waals surface area contributed by atoms with Crippen LogP contribution in [0.2, 0.25) is 0 Å². The Morgan fingerprint density at radius 3 is 2.55 bits per heavy atom. The minimum atomic E-state index is -0.182. The molecule has 0 saturated carbocycles. The molecule has 2 amide bonds. The van der Waals surface area contributed by atoms with E-state index in [1.54, 1.807) is 12.1 Å². The van der Waals surface area contributed by atoms with Gasteiger partial charge in [0.25, 0.3) is 0 Å². The van der Waals surface area contributed by atoms with Crippen LogP contribution in [0.3, 0.4) is 0 Å². The summed E-state index contributed by atoms with van der Waals surface area (Å²) in [6, 6.07) is 13.5. The van der Waals surface area contributed by atoms with Gasteiger partial charge in [-0.05, 0) is 42.5 Å². The van der Waals surface area contributed by atoms with Crippen LogP contribution < -0.4 is 20.1 Å². The van der Waals surface area contributed by atoms with Gasteiger partial charge in [-0.25, -0.2) is 0 Å². The van der Waals surface area contributed by atoms with Gasteiger partial charge in [-0.3, -0.25) is 9.59 Å². The fourth-order valence-corrected chi connectivity index (χ4v) is 4.43. The highest BCUT2D eigenvalue weighted by Gasteiger charge is 2.32. The van der Waals surface area contributed by atoms with Gasteiger partial charge in [-0.1, -0.05) is 24.3 Å². The third kappa shape index (κ3) is 4.48. The molecule has 0 aromatic heterocycles. The predicted octanol–water partition coefficient (Wildman–Crippen LogP) is 2.73. The number of halogens is 1. The second-order valence-corrected chi connectivity index (χ2v) is 8.06. The van der Waals surface area contributed by atoms with Gasteiger partial charge in [-0.2, -0.15) is 0 Å². The Hall–Kier alpha value is -2.77. The third-order valence-electron chi connectivity index (χ3n) is 6.20. The highest BCUT2D eigenvalue weighted by Crippen LogP contribution is 2.34. The number of piperidine rings is 1. The molecule has 1 atom stereocenters. The second-order valence-electron chi connectivity index (χ2n) is 8.06. The van der Waals surface area contributed by atoms with Crippen LogP contribution in [-0.2, 0) is 22.6 Å². The molecular weight excluding hydrogens is 418 g/mol. The van der Waals surface area contributed by atoms with Crippen molar-refractivity contribution in [3.8, 4) is 11.5 Å². The number of rotatable bonds is 3. The first-order chi connectivity index (χ1) is 14.7. The molecule has 0 bridgehead atoms. The lowest BCUT2D eigenvalue weighted by Crippen LogP contribution is -2.52. The Bertz CT molecular complexity index is 975. The minimum absolute atomic E-state index is 0. The highest BCUT2D eigenvalue weighted by atomic mass is 35.5. The van der Waals surface area contributed by atoms with Crippen molar-refractivity contribution >= 4 is 29.9 Å². The van der Waals surface area contributed by atoms with E-state index in [0.717, 1.165) is 13.0 Å². The Morgan fingerprint density at radius 1 is 1.00 bits per heavy atom. The van der Waals surface area contributed by atoms with E-state index in [2.05, 4.69) is 22.8 Å². The number of fused-ring (bicyclic) bond motifs is 2. The van der Waals surface area contributed by atoms with E-state index in [1.165, 1.54) is 11.1 Å². The molecular formula is C23H26ClN3O4. The number of nitrogens with one attached hydrogen (secondary N) is 2. The molecule has 0 spiro atoms. The zero-order chi connectivity index (χ0) is 20.5. The van der Waals surface area contributed by atoms with E-state index in [4.69, 9.17) is 9.47 Å². The largest absolute Gasteiger partial charge is 0.454 e. The van der Waals surface area contributed by atoms with E-state index in [0.29, 0.717) is 43.1 Å². The van der Waals surface area contributed by atoms with Crippen LogP contribution in [0, 0.1) is 5.92 Å². The molecule has 1 unspecified atom stereocenters. The van der Waals surface area contributed by atoms with E-state index < -0.39 is 0 Å². The maximum atomic E-state index is 13.0. The van der Waals surface area contributed by atoms with Crippen molar-refractivity contribution in [2.24, 2.45) is 5.92 Å². The molecule has 3 heterocycles. The monoisotopic (exact) mass is 443 g/mol. The molecule has 0 aliphatic carbocycles. The molecule has 164 valence electrons. The van der Waals surface area contributed by atoms with E-state index in [1.807, 2.05) is 23.1 Å². The number of amides is 2. The van der Waals surface area contributed by atoms with Crippen LogP contribution >= 0.6 is 12.4 Å². The van der Waals surface area contributed by atoms with Crippen LogP contribution in [0.15, 0.2) is 42.5 Å². The average Bonchev–Trinajstić information content (AvgIpc) is 3.26. The molecule has 3 aliphatic heterocycles. The number of carbonyl (C=O) groups is 2. The van der Waals surface area contributed by atoms with Crippen molar-refractivity contribution in [1.82, 2.24) is 10.2 Å². The van der Waals surface area contributed by atoms with Gasteiger partial charge in [0.1, 0.15) is 0 Å². The van der Waals surface area contributed by atoms with E-state index in [9.17, 15) is 9.59 Å². The first-order valence-corrected chi connectivity index (χ1v) is 10.5. The SMILES string of the molecule is Cl.O=C(Nc1ccc2c(c1)OCO2)C1CCN(C(=O)C2Cc3ccccc3CN2)CC1. The predicted molar refractivity (Wildman–Crippen MR) is 119 cm³/mol. The molecule has 7 nitrogen and oxygen atoms in total. The Balaban J connectivity index is 0.00000231. The zero-order valence-electron chi connectivity index (χ0n) is 17.1. The standard InChI is InChI=1S/C23H25N3O4.ClH/c27-22(25-18-5-6-20-21(12-18)30-14-29-20)15-7-9-26(10-8-15)23(28)19-11-16-3-1-2-4-17(16)13-24-19;/h1-6,12,15,19,24H,7-11,13-14H2,(H,25,27);1H. The Labute approximate surface area is 187 Å². The summed E-state index contributed by atoms with van der Waals surface area (Å²) in [4.78, 5) is 27.6. The molecule has 2 N–H and O–H groups in total. The molecule has 31 heavy (non-hydrogen) atoms. The molecule has 1 fully saturated rings. The lowest BCUT2D eigenvalue weighted by Gasteiger charge is -2.35. The number of nitrogens with zero attached hydrogens (tertiary/aromatic N) is 1.